The van der Waals surface area contributed by atoms with Crippen LogP contribution in [-0.2, 0) is 6.54 Å². The summed E-state index contributed by atoms with van der Waals surface area (Å²) in [6.45, 7) is 8.60. The van der Waals surface area contributed by atoms with Gasteiger partial charge in [-0.05, 0) is 27.2 Å². The van der Waals surface area contributed by atoms with Crippen molar-refractivity contribution in [1.82, 2.24) is 9.55 Å². The van der Waals surface area contributed by atoms with Gasteiger partial charge in [0, 0.05) is 36.9 Å². The Labute approximate surface area is 101 Å². The van der Waals surface area contributed by atoms with E-state index in [2.05, 4.69) is 51.2 Å². The van der Waals surface area contributed by atoms with Gasteiger partial charge < -0.3 is 9.47 Å². The molecule has 0 unspecified atom stereocenters. The number of aromatic nitrogens is 2. The number of anilines is 1. The molecule has 0 fully saturated rings. The maximum Gasteiger partial charge on any atom is 0.205 e. The molecule has 0 aliphatic carbocycles. The van der Waals surface area contributed by atoms with Crippen molar-refractivity contribution in [2.45, 2.75) is 39.8 Å². The Morgan fingerprint density at radius 3 is 2.80 bits per heavy atom. The summed E-state index contributed by atoms with van der Waals surface area (Å²) < 4.78 is 2.19. The standard InChI is InChI=1S/C11H20BrN3/c1-4-14-9-7-13-11(14)15(10(2)3)8-5-6-12/h7,9-10H,4-6,8H2,1-3H3. The van der Waals surface area contributed by atoms with Gasteiger partial charge in [0.25, 0.3) is 0 Å². The zero-order chi connectivity index (χ0) is 11.3. The van der Waals surface area contributed by atoms with Crippen molar-refractivity contribution in [2.75, 3.05) is 16.8 Å². The molecule has 0 radical (unpaired) electrons. The molecule has 86 valence electrons. The van der Waals surface area contributed by atoms with E-state index in [-0.39, 0.29) is 0 Å². The Balaban J connectivity index is 2.78. The molecule has 0 aliphatic heterocycles. The van der Waals surface area contributed by atoms with Crippen molar-refractivity contribution >= 4 is 21.9 Å². The van der Waals surface area contributed by atoms with Crippen LogP contribution in [0.4, 0.5) is 5.95 Å². The Morgan fingerprint density at radius 2 is 2.27 bits per heavy atom. The third-order valence-electron chi connectivity index (χ3n) is 2.45. The van der Waals surface area contributed by atoms with E-state index in [1.807, 2.05) is 12.4 Å². The molecule has 4 heteroatoms. The molecule has 0 saturated heterocycles. The molecule has 0 bridgehead atoms. The molecule has 0 aliphatic rings. The number of halogens is 1. The van der Waals surface area contributed by atoms with Crippen LogP contribution in [0.25, 0.3) is 0 Å². The number of nitrogens with zero attached hydrogens (tertiary/aromatic N) is 3. The Morgan fingerprint density at radius 1 is 1.53 bits per heavy atom. The van der Waals surface area contributed by atoms with Crippen molar-refractivity contribution in [3.8, 4) is 0 Å². The summed E-state index contributed by atoms with van der Waals surface area (Å²) in [6, 6.07) is 0.497. The van der Waals surface area contributed by atoms with E-state index < -0.39 is 0 Å². The number of aryl methyl sites for hydroxylation is 1. The zero-order valence-corrected chi connectivity index (χ0v) is 11.4. The minimum Gasteiger partial charge on any atom is -0.340 e. The van der Waals surface area contributed by atoms with Gasteiger partial charge >= 0.3 is 0 Å². The maximum atomic E-state index is 4.44. The first kappa shape index (κ1) is 12.6. The van der Waals surface area contributed by atoms with Crippen molar-refractivity contribution in [3.63, 3.8) is 0 Å². The normalized spacial score (nSPS) is 11.0. The molecule has 0 atom stereocenters. The summed E-state index contributed by atoms with van der Waals surface area (Å²) in [5.74, 6) is 1.09. The van der Waals surface area contributed by atoms with Crippen LogP contribution in [0, 0.1) is 0 Å². The molecule has 0 aromatic carbocycles. The predicted molar refractivity (Wildman–Crippen MR) is 68.8 cm³/mol. The molecule has 15 heavy (non-hydrogen) atoms. The molecule has 0 amide bonds. The highest BCUT2D eigenvalue weighted by molar-refractivity contribution is 9.09. The van der Waals surface area contributed by atoms with E-state index in [9.17, 15) is 0 Å². The largest absolute Gasteiger partial charge is 0.340 e. The molecule has 1 rings (SSSR count). The molecular formula is C11H20BrN3. The highest BCUT2D eigenvalue weighted by Crippen LogP contribution is 2.15. The number of alkyl halides is 1. The molecule has 3 nitrogen and oxygen atoms in total. The topological polar surface area (TPSA) is 21.1 Å². The summed E-state index contributed by atoms with van der Waals surface area (Å²) in [5.41, 5.74) is 0. The molecule has 0 spiro atoms. The Hall–Kier alpha value is -0.510. The van der Waals surface area contributed by atoms with E-state index in [1.165, 1.54) is 0 Å². The summed E-state index contributed by atoms with van der Waals surface area (Å²) in [4.78, 5) is 6.79. The van der Waals surface area contributed by atoms with Crippen LogP contribution in [-0.4, -0.2) is 27.5 Å². The number of hydrogen-bond donors (Lipinski definition) is 0. The minimum atomic E-state index is 0.497. The van der Waals surface area contributed by atoms with Crippen LogP contribution in [0.15, 0.2) is 12.4 Å². The predicted octanol–water partition coefficient (Wildman–Crippen LogP) is 2.90. The van der Waals surface area contributed by atoms with Crippen molar-refractivity contribution in [1.29, 1.82) is 0 Å². The van der Waals surface area contributed by atoms with Gasteiger partial charge in [-0.1, -0.05) is 15.9 Å². The lowest BCUT2D eigenvalue weighted by Crippen LogP contribution is -2.34. The first-order valence-electron chi connectivity index (χ1n) is 5.54. The van der Waals surface area contributed by atoms with Gasteiger partial charge in [0.1, 0.15) is 0 Å². The first-order chi connectivity index (χ1) is 7.20. The van der Waals surface area contributed by atoms with Crippen LogP contribution < -0.4 is 4.90 Å². The molecule has 1 aromatic heterocycles. The van der Waals surface area contributed by atoms with Crippen molar-refractivity contribution in [2.24, 2.45) is 0 Å². The number of imidazole rings is 1. The second kappa shape index (κ2) is 6.16. The summed E-state index contributed by atoms with van der Waals surface area (Å²) in [7, 11) is 0. The summed E-state index contributed by atoms with van der Waals surface area (Å²) in [5, 5.41) is 1.04. The molecule has 1 aromatic rings. The zero-order valence-electron chi connectivity index (χ0n) is 9.78. The molecular weight excluding hydrogens is 254 g/mol. The van der Waals surface area contributed by atoms with Gasteiger partial charge in [-0.15, -0.1) is 0 Å². The van der Waals surface area contributed by atoms with Crippen LogP contribution in [0.3, 0.4) is 0 Å². The molecule has 0 saturated carbocycles. The van der Waals surface area contributed by atoms with Crippen molar-refractivity contribution in [3.05, 3.63) is 12.4 Å². The lowest BCUT2D eigenvalue weighted by atomic mass is 10.3. The first-order valence-corrected chi connectivity index (χ1v) is 6.66. The maximum absolute atomic E-state index is 4.44. The van der Waals surface area contributed by atoms with Crippen LogP contribution in [0.5, 0.6) is 0 Å². The van der Waals surface area contributed by atoms with Gasteiger partial charge in [-0.3, -0.25) is 0 Å². The lowest BCUT2D eigenvalue weighted by Gasteiger charge is -2.28. The Bertz CT molecular complexity index is 283. The number of rotatable bonds is 6. The SMILES string of the molecule is CCn1ccnc1N(CCCBr)C(C)C. The van der Waals surface area contributed by atoms with Gasteiger partial charge in [0.05, 0.1) is 0 Å². The summed E-state index contributed by atoms with van der Waals surface area (Å²) in [6.07, 6.45) is 5.07. The quantitative estimate of drug-likeness (QED) is 0.744. The summed E-state index contributed by atoms with van der Waals surface area (Å²) >= 11 is 3.47. The highest BCUT2D eigenvalue weighted by atomic mass is 79.9. The second-order valence-corrected chi connectivity index (χ2v) is 4.64. The minimum absolute atomic E-state index is 0.497. The molecule has 0 N–H and O–H groups in total. The molecule has 1 heterocycles. The smallest absolute Gasteiger partial charge is 0.205 e. The second-order valence-electron chi connectivity index (χ2n) is 3.84. The fourth-order valence-corrected chi connectivity index (χ4v) is 1.88. The highest BCUT2D eigenvalue weighted by Gasteiger charge is 2.14. The van der Waals surface area contributed by atoms with Crippen LogP contribution in [0.1, 0.15) is 27.2 Å². The fraction of sp³-hybridized carbons (Fsp3) is 0.727. The van der Waals surface area contributed by atoms with Gasteiger partial charge in [0.15, 0.2) is 0 Å². The Kier molecular flexibility index (Phi) is 5.15. The van der Waals surface area contributed by atoms with Gasteiger partial charge in [0.2, 0.25) is 5.95 Å². The lowest BCUT2D eigenvalue weighted by molar-refractivity contribution is 0.623. The van der Waals surface area contributed by atoms with E-state index in [0.717, 1.165) is 30.8 Å². The van der Waals surface area contributed by atoms with Crippen molar-refractivity contribution < 1.29 is 0 Å². The van der Waals surface area contributed by atoms with E-state index in [1.54, 1.807) is 0 Å². The van der Waals surface area contributed by atoms with E-state index >= 15 is 0 Å². The van der Waals surface area contributed by atoms with Gasteiger partial charge in [-0.25, -0.2) is 4.98 Å². The van der Waals surface area contributed by atoms with Crippen LogP contribution in [0.2, 0.25) is 0 Å². The number of hydrogen-bond acceptors (Lipinski definition) is 2. The van der Waals surface area contributed by atoms with Gasteiger partial charge in [-0.2, -0.15) is 0 Å². The third-order valence-corrected chi connectivity index (χ3v) is 3.01. The van der Waals surface area contributed by atoms with E-state index in [4.69, 9.17) is 0 Å². The average molecular weight is 274 g/mol. The monoisotopic (exact) mass is 273 g/mol. The third kappa shape index (κ3) is 3.23. The fourth-order valence-electron chi connectivity index (χ4n) is 1.63. The van der Waals surface area contributed by atoms with E-state index in [0.29, 0.717) is 6.04 Å². The van der Waals surface area contributed by atoms with Crippen LogP contribution >= 0.6 is 15.9 Å². The average Bonchev–Trinajstić information content (AvgIpc) is 2.66.